The van der Waals surface area contributed by atoms with E-state index >= 15 is 0 Å². The van der Waals surface area contributed by atoms with Crippen molar-refractivity contribution in [3.05, 3.63) is 36.7 Å². The number of benzene rings is 1. The Labute approximate surface area is 146 Å². The molecule has 0 unspecified atom stereocenters. The number of anilines is 1. The summed E-state index contributed by atoms with van der Waals surface area (Å²) in [5.41, 5.74) is -0.0636. The van der Waals surface area contributed by atoms with Gasteiger partial charge in [-0.25, -0.2) is 4.79 Å². The number of aromatic nitrogens is 1. The number of amides is 2. The number of hydrogen-bond acceptors (Lipinski definition) is 5. The summed E-state index contributed by atoms with van der Waals surface area (Å²) in [5, 5.41) is 16.2. The molecule has 0 radical (unpaired) electrons. The van der Waals surface area contributed by atoms with E-state index in [0.29, 0.717) is 5.69 Å². The molecule has 0 aliphatic carbocycles. The van der Waals surface area contributed by atoms with Gasteiger partial charge in [-0.3, -0.25) is 9.78 Å². The summed E-state index contributed by atoms with van der Waals surface area (Å²) in [7, 11) is 0. The standard InChI is InChI=1S/C18H23N3O4/c1-18(2,3)25-17(24)21-15(8-10-22)16(23)20-14-6-4-5-12-11-19-9-7-13(12)14/h4-7,9,11,15,22H,8,10H2,1-3H3,(H,20,23)(H,21,24)/t15-/m0/s1. The quantitative estimate of drug-likeness (QED) is 0.773. The first-order chi connectivity index (χ1) is 11.8. The zero-order chi connectivity index (χ0) is 18.4. The molecular weight excluding hydrogens is 322 g/mol. The topological polar surface area (TPSA) is 101 Å². The molecule has 1 aromatic carbocycles. The second-order valence-corrected chi connectivity index (χ2v) is 6.60. The highest BCUT2D eigenvalue weighted by Crippen LogP contribution is 2.22. The van der Waals surface area contributed by atoms with E-state index in [1.165, 1.54) is 0 Å². The van der Waals surface area contributed by atoms with Crippen LogP contribution in [0.15, 0.2) is 36.7 Å². The Balaban J connectivity index is 2.13. The minimum Gasteiger partial charge on any atom is -0.444 e. The summed E-state index contributed by atoms with van der Waals surface area (Å²) >= 11 is 0. The fourth-order valence-corrected chi connectivity index (χ4v) is 2.30. The number of ether oxygens (including phenoxy) is 1. The summed E-state index contributed by atoms with van der Waals surface area (Å²) in [6, 6.07) is 6.36. The van der Waals surface area contributed by atoms with Crippen LogP contribution in [0.4, 0.5) is 10.5 Å². The monoisotopic (exact) mass is 345 g/mol. The van der Waals surface area contributed by atoms with Gasteiger partial charge in [0.25, 0.3) is 0 Å². The molecule has 1 aromatic heterocycles. The van der Waals surface area contributed by atoms with E-state index in [2.05, 4.69) is 15.6 Å². The van der Waals surface area contributed by atoms with Gasteiger partial charge in [-0.1, -0.05) is 12.1 Å². The van der Waals surface area contributed by atoms with Crippen LogP contribution in [-0.2, 0) is 9.53 Å². The molecule has 0 spiro atoms. The minimum absolute atomic E-state index is 0.0808. The summed E-state index contributed by atoms with van der Waals surface area (Å²) in [4.78, 5) is 28.5. The van der Waals surface area contributed by atoms with Crippen molar-refractivity contribution in [1.82, 2.24) is 10.3 Å². The Morgan fingerprint density at radius 2 is 2.04 bits per heavy atom. The molecule has 0 saturated heterocycles. The number of hydrogen-bond donors (Lipinski definition) is 3. The van der Waals surface area contributed by atoms with Crippen LogP contribution in [0, 0.1) is 0 Å². The number of aliphatic hydroxyl groups excluding tert-OH is 1. The number of pyridine rings is 1. The number of nitrogens with zero attached hydrogens (tertiary/aromatic N) is 1. The maximum atomic E-state index is 12.5. The first kappa shape index (κ1) is 18.7. The lowest BCUT2D eigenvalue weighted by molar-refractivity contribution is -0.118. The van der Waals surface area contributed by atoms with Crippen molar-refractivity contribution >= 4 is 28.5 Å². The lowest BCUT2D eigenvalue weighted by atomic mass is 10.1. The normalized spacial score (nSPS) is 12.5. The molecule has 0 bridgehead atoms. The van der Waals surface area contributed by atoms with Gasteiger partial charge in [-0.2, -0.15) is 0 Å². The lowest BCUT2D eigenvalue weighted by Crippen LogP contribution is -2.46. The largest absolute Gasteiger partial charge is 0.444 e. The van der Waals surface area contributed by atoms with Crippen LogP contribution in [0.2, 0.25) is 0 Å². The Morgan fingerprint density at radius 3 is 2.72 bits per heavy atom. The maximum absolute atomic E-state index is 12.5. The molecule has 2 aromatic rings. The van der Waals surface area contributed by atoms with Gasteiger partial charge in [0.15, 0.2) is 0 Å². The third-order valence-corrected chi connectivity index (χ3v) is 3.36. The summed E-state index contributed by atoms with van der Waals surface area (Å²) < 4.78 is 5.17. The highest BCUT2D eigenvalue weighted by molar-refractivity contribution is 6.04. The highest BCUT2D eigenvalue weighted by Gasteiger charge is 2.24. The number of carbonyl (C=O) groups is 2. The number of aliphatic hydroxyl groups is 1. The summed E-state index contributed by atoms with van der Waals surface area (Å²) in [6.07, 6.45) is 2.72. The third kappa shape index (κ3) is 5.42. The third-order valence-electron chi connectivity index (χ3n) is 3.36. The fourth-order valence-electron chi connectivity index (χ4n) is 2.30. The van der Waals surface area contributed by atoms with Gasteiger partial charge in [-0.15, -0.1) is 0 Å². The van der Waals surface area contributed by atoms with E-state index in [9.17, 15) is 14.7 Å². The Morgan fingerprint density at radius 1 is 1.28 bits per heavy atom. The van der Waals surface area contributed by atoms with Gasteiger partial charge in [0, 0.05) is 35.5 Å². The van der Waals surface area contributed by atoms with Gasteiger partial charge >= 0.3 is 6.09 Å². The SMILES string of the molecule is CC(C)(C)OC(=O)N[C@@H](CCO)C(=O)Nc1cccc2cnccc12. The molecule has 1 heterocycles. The van der Waals surface area contributed by atoms with E-state index in [0.717, 1.165) is 10.8 Å². The van der Waals surface area contributed by atoms with Gasteiger partial charge in [-0.05, 0) is 39.3 Å². The molecular formula is C18H23N3O4. The maximum Gasteiger partial charge on any atom is 0.408 e. The van der Waals surface area contributed by atoms with Crippen molar-refractivity contribution in [2.75, 3.05) is 11.9 Å². The van der Waals surface area contributed by atoms with E-state index < -0.39 is 23.6 Å². The molecule has 0 saturated carbocycles. The zero-order valence-electron chi connectivity index (χ0n) is 14.6. The predicted molar refractivity (Wildman–Crippen MR) is 95.2 cm³/mol. The Hall–Kier alpha value is -2.67. The smallest absolute Gasteiger partial charge is 0.408 e. The predicted octanol–water partition coefficient (Wildman–Crippen LogP) is 2.45. The van der Waals surface area contributed by atoms with Crippen LogP contribution < -0.4 is 10.6 Å². The van der Waals surface area contributed by atoms with Crippen LogP contribution in [-0.4, -0.2) is 40.3 Å². The van der Waals surface area contributed by atoms with Crippen molar-refractivity contribution < 1.29 is 19.4 Å². The van der Waals surface area contributed by atoms with Crippen LogP contribution in [0.25, 0.3) is 10.8 Å². The van der Waals surface area contributed by atoms with Crippen LogP contribution in [0.3, 0.4) is 0 Å². The molecule has 7 heteroatoms. The van der Waals surface area contributed by atoms with E-state index in [4.69, 9.17) is 4.74 Å². The molecule has 7 nitrogen and oxygen atoms in total. The summed E-state index contributed by atoms with van der Waals surface area (Å²) in [6.45, 7) is 4.96. The van der Waals surface area contributed by atoms with Crippen molar-refractivity contribution in [2.24, 2.45) is 0 Å². The molecule has 2 rings (SSSR count). The van der Waals surface area contributed by atoms with E-state index in [1.54, 1.807) is 45.3 Å². The van der Waals surface area contributed by atoms with Crippen LogP contribution >= 0.6 is 0 Å². The van der Waals surface area contributed by atoms with Crippen molar-refractivity contribution in [3.63, 3.8) is 0 Å². The lowest BCUT2D eigenvalue weighted by Gasteiger charge is -2.23. The van der Waals surface area contributed by atoms with Gasteiger partial charge < -0.3 is 20.5 Å². The van der Waals surface area contributed by atoms with E-state index in [-0.39, 0.29) is 13.0 Å². The fraction of sp³-hybridized carbons (Fsp3) is 0.389. The zero-order valence-corrected chi connectivity index (χ0v) is 14.6. The average Bonchev–Trinajstić information content (AvgIpc) is 2.53. The number of carbonyl (C=O) groups excluding carboxylic acids is 2. The molecule has 0 fully saturated rings. The Bertz CT molecular complexity index is 750. The molecule has 0 aliphatic rings. The number of alkyl carbamates (subject to hydrolysis) is 1. The molecule has 2 amide bonds. The second-order valence-electron chi connectivity index (χ2n) is 6.60. The molecule has 134 valence electrons. The van der Waals surface area contributed by atoms with Crippen molar-refractivity contribution in [2.45, 2.75) is 38.8 Å². The molecule has 0 aliphatic heterocycles. The van der Waals surface area contributed by atoms with E-state index in [1.807, 2.05) is 12.1 Å². The van der Waals surface area contributed by atoms with Gasteiger partial charge in [0.2, 0.25) is 5.91 Å². The summed E-state index contributed by atoms with van der Waals surface area (Å²) in [5.74, 6) is -0.427. The number of rotatable bonds is 5. The Kier molecular flexibility index (Phi) is 5.93. The first-order valence-electron chi connectivity index (χ1n) is 8.04. The van der Waals surface area contributed by atoms with Crippen LogP contribution in [0.1, 0.15) is 27.2 Å². The highest BCUT2D eigenvalue weighted by atomic mass is 16.6. The van der Waals surface area contributed by atoms with Crippen molar-refractivity contribution in [3.8, 4) is 0 Å². The second kappa shape index (κ2) is 7.94. The number of fused-ring (bicyclic) bond motifs is 1. The molecule has 1 atom stereocenters. The first-order valence-corrected chi connectivity index (χ1v) is 8.04. The molecule has 25 heavy (non-hydrogen) atoms. The van der Waals surface area contributed by atoms with Crippen LogP contribution in [0.5, 0.6) is 0 Å². The number of nitrogens with one attached hydrogen (secondary N) is 2. The van der Waals surface area contributed by atoms with Crippen molar-refractivity contribution in [1.29, 1.82) is 0 Å². The van der Waals surface area contributed by atoms with Gasteiger partial charge in [0.05, 0.1) is 0 Å². The van der Waals surface area contributed by atoms with Gasteiger partial charge in [0.1, 0.15) is 11.6 Å². The molecule has 3 N–H and O–H groups in total. The average molecular weight is 345 g/mol. The minimum atomic E-state index is -0.906.